The van der Waals surface area contributed by atoms with Crippen molar-refractivity contribution in [1.82, 2.24) is 0 Å². The second-order valence-electron chi connectivity index (χ2n) is 8.44. The molecule has 1 saturated heterocycles. The van der Waals surface area contributed by atoms with Crippen molar-refractivity contribution >= 4 is 13.1 Å². The van der Waals surface area contributed by atoms with E-state index in [1.807, 2.05) is 71.9 Å². The standard InChI is InChI=1S/C23H33BO5/c1-9-26-21(25)15-19-13-10-16(2)14-20(19)27-18(4)12-11-17(3)24-28-22(5,6)23(7,8)29-24/h10-14,18H,3,9,15H2,1-2,4-8H3/b12-11-/t18-/m0/s1. The van der Waals surface area contributed by atoms with Crippen LogP contribution in [-0.2, 0) is 25.3 Å². The zero-order chi connectivity index (χ0) is 21.8. The molecule has 1 aliphatic heterocycles. The zero-order valence-electron chi connectivity index (χ0n) is 18.7. The van der Waals surface area contributed by atoms with Crippen molar-refractivity contribution in [3.05, 3.63) is 53.5 Å². The Hall–Kier alpha value is -2.05. The number of esters is 1. The lowest BCUT2D eigenvalue weighted by atomic mass is 9.79. The molecule has 0 N–H and O–H groups in total. The van der Waals surface area contributed by atoms with Gasteiger partial charge in [0, 0.05) is 5.56 Å². The lowest BCUT2D eigenvalue weighted by molar-refractivity contribution is -0.142. The maximum Gasteiger partial charge on any atom is 0.494 e. The van der Waals surface area contributed by atoms with E-state index >= 15 is 0 Å². The molecule has 0 aliphatic carbocycles. The second kappa shape index (κ2) is 9.18. The van der Waals surface area contributed by atoms with Gasteiger partial charge in [-0.2, -0.15) is 0 Å². The Morgan fingerprint density at radius 1 is 1.24 bits per heavy atom. The molecule has 2 rings (SSSR count). The van der Waals surface area contributed by atoms with Gasteiger partial charge >= 0.3 is 13.1 Å². The Morgan fingerprint density at radius 2 is 1.86 bits per heavy atom. The van der Waals surface area contributed by atoms with Gasteiger partial charge in [-0.3, -0.25) is 4.79 Å². The number of benzene rings is 1. The number of carbonyl (C=O) groups excluding carboxylic acids is 1. The first-order valence-electron chi connectivity index (χ1n) is 10.1. The molecule has 29 heavy (non-hydrogen) atoms. The van der Waals surface area contributed by atoms with Crippen molar-refractivity contribution in [2.75, 3.05) is 6.61 Å². The highest BCUT2D eigenvalue weighted by Gasteiger charge is 2.51. The average Bonchev–Trinajstić information content (AvgIpc) is 2.83. The average molecular weight is 400 g/mol. The van der Waals surface area contributed by atoms with Crippen LogP contribution in [0.3, 0.4) is 0 Å². The van der Waals surface area contributed by atoms with E-state index in [-0.39, 0.29) is 18.5 Å². The highest BCUT2D eigenvalue weighted by atomic mass is 16.7. The lowest BCUT2D eigenvalue weighted by Gasteiger charge is -2.32. The van der Waals surface area contributed by atoms with Crippen LogP contribution in [0.2, 0.25) is 0 Å². The molecule has 0 radical (unpaired) electrons. The maximum absolute atomic E-state index is 11.9. The molecule has 1 atom stereocenters. The lowest BCUT2D eigenvalue weighted by Crippen LogP contribution is -2.41. The molecule has 1 fully saturated rings. The van der Waals surface area contributed by atoms with Crippen LogP contribution < -0.4 is 4.74 Å². The predicted molar refractivity (Wildman–Crippen MR) is 116 cm³/mol. The molecule has 0 spiro atoms. The molecule has 1 aromatic carbocycles. The van der Waals surface area contributed by atoms with E-state index in [1.165, 1.54) is 0 Å². The van der Waals surface area contributed by atoms with E-state index in [9.17, 15) is 4.79 Å². The minimum atomic E-state index is -0.484. The van der Waals surface area contributed by atoms with Gasteiger partial charge in [0.25, 0.3) is 0 Å². The van der Waals surface area contributed by atoms with Crippen molar-refractivity contribution in [2.24, 2.45) is 0 Å². The fourth-order valence-electron chi connectivity index (χ4n) is 2.86. The van der Waals surface area contributed by atoms with Crippen LogP contribution in [0.5, 0.6) is 5.75 Å². The first-order chi connectivity index (χ1) is 13.4. The van der Waals surface area contributed by atoms with Gasteiger partial charge in [-0.1, -0.05) is 24.8 Å². The van der Waals surface area contributed by atoms with Crippen LogP contribution >= 0.6 is 0 Å². The SMILES string of the molecule is C=C(/C=C\[C@H](C)Oc1cc(C)ccc1CC(=O)OCC)B1OC(C)(C)C(C)(C)O1. The molecule has 1 aromatic rings. The summed E-state index contributed by atoms with van der Waals surface area (Å²) < 4.78 is 23.2. The van der Waals surface area contributed by atoms with Gasteiger partial charge in [-0.25, -0.2) is 0 Å². The molecule has 0 bridgehead atoms. The Bertz CT molecular complexity index is 765. The van der Waals surface area contributed by atoms with Crippen molar-refractivity contribution in [3.8, 4) is 5.75 Å². The molecule has 6 heteroatoms. The smallest absolute Gasteiger partial charge is 0.486 e. The van der Waals surface area contributed by atoms with Crippen LogP contribution in [0.1, 0.15) is 52.7 Å². The first-order valence-corrected chi connectivity index (χ1v) is 10.1. The molecule has 0 aromatic heterocycles. The summed E-state index contributed by atoms with van der Waals surface area (Å²) in [6.07, 6.45) is 3.73. The van der Waals surface area contributed by atoms with Gasteiger partial charge in [0.05, 0.1) is 24.2 Å². The number of carbonyl (C=O) groups is 1. The summed E-state index contributed by atoms with van der Waals surface area (Å²) in [5.74, 6) is 0.412. The molecule has 5 nitrogen and oxygen atoms in total. The van der Waals surface area contributed by atoms with Gasteiger partial charge in [-0.15, -0.1) is 0 Å². The van der Waals surface area contributed by atoms with Crippen LogP contribution in [0.4, 0.5) is 0 Å². The molecular weight excluding hydrogens is 367 g/mol. The monoisotopic (exact) mass is 400 g/mol. The highest BCUT2D eigenvalue weighted by Crippen LogP contribution is 2.38. The van der Waals surface area contributed by atoms with Crippen molar-refractivity contribution in [3.63, 3.8) is 0 Å². The zero-order valence-corrected chi connectivity index (χ0v) is 18.7. The third kappa shape index (κ3) is 5.97. The fraction of sp³-hybridized carbons (Fsp3) is 0.522. The topological polar surface area (TPSA) is 54.0 Å². The molecule has 0 amide bonds. The number of ether oxygens (including phenoxy) is 2. The number of hydrogen-bond donors (Lipinski definition) is 0. The summed E-state index contributed by atoms with van der Waals surface area (Å²) in [6.45, 7) is 18.2. The van der Waals surface area contributed by atoms with E-state index in [0.717, 1.165) is 16.6 Å². The second-order valence-corrected chi connectivity index (χ2v) is 8.44. The summed E-state index contributed by atoms with van der Waals surface area (Å²) >= 11 is 0. The van der Waals surface area contributed by atoms with E-state index in [2.05, 4.69) is 6.58 Å². The predicted octanol–water partition coefficient (Wildman–Crippen LogP) is 4.61. The summed E-state index contributed by atoms with van der Waals surface area (Å²) in [6, 6.07) is 5.80. The van der Waals surface area contributed by atoms with Gasteiger partial charge in [0.15, 0.2) is 0 Å². The molecular formula is C23H33BO5. The van der Waals surface area contributed by atoms with E-state index in [4.69, 9.17) is 18.8 Å². The van der Waals surface area contributed by atoms with E-state index in [0.29, 0.717) is 12.4 Å². The Balaban J connectivity index is 2.03. The Labute approximate surface area is 175 Å². The van der Waals surface area contributed by atoms with E-state index < -0.39 is 18.3 Å². The summed E-state index contributed by atoms with van der Waals surface area (Å²) in [4.78, 5) is 11.9. The van der Waals surface area contributed by atoms with Gasteiger partial charge in [0.2, 0.25) is 0 Å². The van der Waals surface area contributed by atoms with Crippen LogP contribution in [0.25, 0.3) is 0 Å². The summed E-state index contributed by atoms with van der Waals surface area (Å²) in [7, 11) is -0.484. The minimum absolute atomic E-state index is 0.181. The summed E-state index contributed by atoms with van der Waals surface area (Å²) in [5.41, 5.74) is 1.79. The fourth-order valence-corrected chi connectivity index (χ4v) is 2.86. The third-order valence-electron chi connectivity index (χ3n) is 5.31. The molecule has 1 aliphatic rings. The van der Waals surface area contributed by atoms with Gasteiger partial charge < -0.3 is 18.8 Å². The maximum atomic E-state index is 11.9. The number of hydrogen-bond acceptors (Lipinski definition) is 5. The van der Waals surface area contributed by atoms with Gasteiger partial charge in [0.1, 0.15) is 11.9 Å². The van der Waals surface area contributed by atoms with Crippen molar-refractivity contribution < 1.29 is 23.6 Å². The number of allylic oxidation sites excluding steroid dienone is 2. The Kier molecular flexibility index (Phi) is 7.36. The number of aryl methyl sites for hydroxylation is 1. The minimum Gasteiger partial charge on any atom is -0.486 e. The van der Waals surface area contributed by atoms with E-state index in [1.54, 1.807) is 6.92 Å². The quantitative estimate of drug-likeness (QED) is 0.362. The number of rotatable bonds is 8. The molecule has 0 saturated carbocycles. The van der Waals surface area contributed by atoms with Crippen LogP contribution in [-0.4, -0.2) is 37.0 Å². The van der Waals surface area contributed by atoms with Crippen molar-refractivity contribution in [2.45, 2.75) is 72.2 Å². The first kappa shape index (κ1) is 23.2. The Morgan fingerprint density at radius 3 is 2.45 bits per heavy atom. The molecule has 1 heterocycles. The van der Waals surface area contributed by atoms with Crippen LogP contribution in [0.15, 0.2) is 42.4 Å². The van der Waals surface area contributed by atoms with Gasteiger partial charge in [-0.05, 0) is 71.6 Å². The third-order valence-corrected chi connectivity index (χ3v) is 5.31. The van der Waals surface area contributed by atoms with Crippen molar-refractivity contribution in [1.29, 1.82) is 0 Å². The molecule has 158 valence electrons. The summed E-state index contributed by atoms with van der Waals surface area (Å²) in [5, 5.41) is 0. The normalized spacial score (nSPS) is 18.7. The van der Waals surface area contributed by atoms with Crippen LogP contribution in [0, 0.1) is 6.92 Å². The highest BCUT2D eigenvalue weighted by molar-refractivity contribution is 6.55. The largest absolute Gasteiger partial charge is 0.494 e. The molecule has 0 unspecified atom stereocenters.